The molecule has 3 rings (SSSR count). The van der Waals surface area contributed by atoms with Crippen molar-refractivity contribution in [1.29, 1.82) is 0 Å². The van der Waals surface area contributed by atoms with Gasteiger partial charge in [0.25, 0.3) is 5.91 Å². The molecule has 1 fully saturated rings. The minimum atomic E-state index is -0.0916. The molecule has 0 bridgehead atoms. The summed E-state index contributed by atoms with van der Waals surface area (Å²) in [5, 5.41) is 7.35. The molecule has 0 spiro atoms. The van der Waals surface area contributed by atoms with Crippen molar-refractivity contribution >= 4 is 11.6 Å². The maximum atomic E-state index is 12.1. The number of hydrogen-bond donors (Lipinski definition) is 2. The van der Waals surface area contributed by atoms with Gasteiger partial charge in [0, 0.05) is 17.9 Å². The van der Waals surface area contributed by atoms with E-state index < -0.39 is 0 Å². The number of nitrogens with two attached hydrogens (primary N) is 1. The lowest BCUT2D eigenvalue weighted by molar-refractivity contribution is 0.0932. The summed E-state index contributed by atoms with van der Waals surface area (Å²) in [6.07, 6.45) is 6.33. The summed E-state index contributed by atoms with van der Waals surface area (Å²) in [5.41, 5.74) is 7.70. The number of hydrogen-bond acceptors (Lipinski definition) is 3. The van der Waals surface area contributed by atoms with E-state index in [-0.39, 0.29) is 5.91 Å². The minimum absolute atomic E-state index is 0.0916. The first-order chi connectivity index (χ1) is 9.72. The lowest BCUT2D eigenvalue weighted by atomic mass is 10.2. The van der Waals surface area contributed by atoms with E-state index in [1.807, 2.05) is 24.3 Å². The summed E-state index contributed by atoms with van der Waals surface area (Å²) in [6.45, 7) is 0. The second kappa shape index (κ2) is 5.36. The maximum absolute atomic E-state index is 12.1. The molecule has 0 saturated heterocycles. The molecular formula is C15H18N4O. The zero-order chi connectivity index (χ0) is 13.9. The molecule has 5 heteroatoms. The average molecular weight is 270 g/mol. The molecule has 3 N–H and O–H groups in total. The van der Waals surface area contributed by atoms with Crippen LogP contribution in [0.3, 0.4) is 0 Å². The Morgan fingerprint density at radius 3 is 2.60 bits per heavy atom. The first kappa shape index (κ1) is 12.7. The second-order valence-corrected chi connectivity index (χ2v) is 5.19. The van der Waals surface area contributed by atoms with Crippen LogP contribution >= 0.6 is 0 Å². The molecular weight excluding hydrogens is 252 g/mol. The van der Waals surface area contributed by atoms with Crippen LogP contribution in [0, 0.1) is 0 Å². The Bertz CT molecular complexity index is 597. The molecule has 5 nitrogen and oxygen atoms in total. The van der Waals surface area contributed by atoms with Gasteiger partial charge in [-0.15, -0.1) is 0 Å². The topological polar surface area (TPSA) is 72.9 Å². The third kappa shape index (κ3) is 2.66. The number of rotatable bonds is 3. The fourth-order valence-corrected chi connectivity index (χ4v) is 2.55. The normalized spacial score (nSPS) is 15.4. The highest BCUT2D eigenvalue weighted by Gasteiger charge is 2.19. The van der Waals surface area contributed by atoms with Gasteiger partial charge in [-0.2, -0.15) is 5.10 Å². The number of aromatic nitrogens is 2. The van der Waals surface area contributed by atoms with Gasteiger partial charge in [0.1, 0.15) is 0 Å². The molecule has 1 aliphatic rings. The molecule has 0 aliphatic heterocycles. The van der Waals surface area contributed by atoms with Crippen LogP contribution in [-0.2, 0) is 0 Å². The smallest absolute Gasteiger partial charge is 0.272 e. The van der Waals surface area contributed by atoms with Crippen LogP contribution < -0.4 is 11.1 Å². The largest absolute Gasteiger partial charge is 0.399 e. The van der Waals surface area contributed by atoms with Crippen LogP contribution in [0.25, 0.3) is 5.69 Å². The van der Waals surface area contributed by atoms with Crippen molar-refractivity contribution in [3.8, 4) is 5.69 Å². The predicted molar refractivity (Wildman–Crippen MR) is 77.7 cm³/mol. The standard InChI is InChI=1S/C15H18N4O/c16-11-5-7-13(8-6-11)19-10-9-14(18-19)15(20)17-12-3-1-2-4-12/h5-10,12H,1-4,16H2,(H,17,20). The lowest BCUT2D eigenvalue weighted by Crippen LogP contribution is -2.32. The van der Waals surface area contributed by atoms with Gasteiger partial charge in [-0.1, -0.05) is 12.8 Å². The van der Waals surface area contributed by atoms with Gasteiger partial charge in [-0.05, 0) is 43.2 Å². The molecule has 0 radical (unpaired) electrons. The van der Waals surface area contributed by atoms with Gasteiger partial charge in [-0.3, -0.25) is 4.79 Å². The number of carbonyl (C=O) groups is 1. The van der Waals surface area contributed by atoms with E-state index in [9.17, 15) is 4.79 Å². The third-order valence-electron chi connectivity index (χ3n) is 3.67. The number of amides is 1. The highest BCUT2D eigenvalue weighted by Crippen LogP contribution is 2.18. The Labute approximate surface area is 117 Å². The van der Waals surface area contributed by atoms with E-state index in [1.54, 1.807) is 16.9 Å². The third-order valence-corrected chi connectivity index (χ3v) is 3.67. The van der Waals surface area contributed by atoms with Gasteiger partial charge in [0.05, 0.1) is 5.69 Å². The summed E-state index contributed by atoms with van der Waals surface area (Å²) in [6, 6.07) is 9.43. The Balaban J connectivity index is 1.72. The molecule has 1 aromatic carbocycles. The van der Waals surface area contributed by atoms with Crippen LogP contribution in [0.2, 0.25) is 0 Å². The van der Waals surface area contributed by atoms with E-state index in [0.717, 1.165) is 18.5 Å². The summed E-state index contributed by atoms with van der Waals surface area (Å²) >= 11 is 0. The Morgan fingerprint density at radius 2 is 1.90 bits per heavy atom. The van der Waals surface area contributed by atoms with Crippen LogP contribution in [0.1, 0.15) is 36.2 Å². The van der Waals surface area contributed by atoms with Crippen LogP contribution in [0.15, 0.2) is 36.5 Å². The first-order valence-corrected chi connectivity index (χ1v) is 6.95. The van der Waals surface area contributed by atoms with Crippen molar-refractivity contribution < 1.29 is 4.79 Å². The van der Waals surface area contributed by atoms with E-state index in [0.29, 0.717) is 17.4 Å². The van der Waals surface area contributed by atoms with Gasteiger partial charge in [0.2, 0.25) is 0 Å². The monoisotopic (exact) mass is 270 g/mol. The van der Waals surface area contributed by atoms with Crippen LogP contribution in [0.5, 0.6) is 0 Å². The molecule has 1 aromatic heterocycles. The van der Waals surface area contributed by atoms with E-state index in [4.69, 9.17) is 5.73 Å². The Hall–Kier alpha value is -2.30. The van der Waals surface area contributed by atoms with E-state index in [1.165, 1.54) is 12.8 Å². The molecule has 1 aliphatic carbocycles. The molecule has 2 aromatic rings. The summed E-state index contributed by atoms with van der Waals surface area (Å²) in [5.74, 6) is -0.0916. The minimum Gasteiger partial charge on any atom is -0.399 e. The van der Waals surface area contributed by atoms with Crippen molar-refractivity contribution in [1.82, 2.24) is 15.1 Å². The number of benzene rings is 1. The summed E-state index contributed by atoms with van der Waals surface area (Å²) < 4.78 is 1.68. The molecule has 1 heterocycles. The molecule has 1 amide bonds. The molecule has 0 atom stereocenters. The first-order valence-electron chi connectivity index (χ1n) is 6.95. The Morgan fingerprint density at radius 1 is 1.20 bits per heavy atom. The second-order valence-electron chi connectivity index (χ2n) is 5.19. The van der Waals surface area contributed by atoms with Crippen molar-refractivity contribution in [3.05, 3.63) is 42.2 Å². The number of nitrogens with one attached hydrogen (secondary N) is 1. The van der Waals surface area contributed by atoms with Crippen molar-refractivity contribution in [2.75, 3.05) is 5.73 Å². The molecule has 104 valence electrons. The maximum Gasteiger partial charge on any atom is 0.272 e. The quantitative estimate of drug-likeness (QED) is 0.839. The highest BCUT2D eigenvalue weighted by atomic mass is 16.2. The zero-order valence-electron chi connectivity index (χ0n) is 11.2. The van der Waals surface area contributed by atoms with Gasteiger partial charge in [-0.25, -0.2) is 4.68 Å². The van der Waals surface area contributed by atoms with Crippen molar-refractivity contribution in [2.24, 2.45) is 0 Å². The van der Waals surface area contributed by atoms with Gasteiger partial charge in [0.15, 0.2) is 5.69 Å². The molecule has 20 heavy (non-hydrogen) atoms. The number of nitrogen functional groups attached to an aromatic ring is 1. The summed E-state index contributed by atoms with van der Waals surface area (Å²) in [4.78, 5) is 12.1. The molecule has 1 saturated carbocycles. The van der Waals surface area contributed by atoms with Crippen molar-refractivity contribution in [2.45, 2.75) is 31.7 Å². The fourth-order valence-electron chi connectivity index (χ4n) is 2.55. The van der Waals surface area contributed by atoms with E-state index in [2.05, 4.69) is 10.4 Å². The number of carbonyl (C=O) groups excluding carboxylic acids is 1. The zero-order valence-corrected chi connectivity index (χ0v) is 11.2. The molecule has 0 unspecified atom stereocenters. The van der Waals surface area contributed by atoms with E-state index >= 15 is 0 Å². The van der Waals surface area contributed by atoms with Crippen molar-refractivity contribution in [3.63, 3.8) is 0 Å². The highest BCUT2D eigenvalue weighted by molar-refractivity contribution is 5.92. The van der Waals surface area contributed by atoms with Gasteiger partial charge >= 0.3 is 0 Å². The Kier molecular flexibility index (Phi) is 3.41. The summed E-state index contributed by atoms with van der Waals surface area (Å²) in [7, 11) is 0. The van der Waals surface area contributed by atoms with Crippen LogP contribution in [-0.4, -0.2) is 21.7 Å². The van der Waals surface area contributed by atoms with Gasteiger partial charge < -0.3 is 11.1 Å². The lowest BCUT2D eigenvalue weighted by Gasteiger charge is -2.10. The fraction of sp³-hybridized carbons (Fsp3) is 0.333. The SMILES string of the molecule is Nc1ccc(-n2ccc(C(=O)NC3CCCC3)n2)cc1. The number of nitrogens with zero attached hydrogens (tertiary/aromatic N) is 2. The predicted octanol–water partition coefficient (Wildman–Crippen LogP) is 2.13. The number of anilines is 1. The van der Waals surface area contributed by atoms with Crippen LogP contribution in [0.4, 0.5) is 5.69 Å². The average Bonchev–Trinajstić information content (AvgIpc) is 3.10.